The molecular weight excluding hydrogens is 136 g/mol. The van der Waals surface area contributed by atoms with Crippen LogP contribution in [0.15, 0.2) is 30.6 Å². The van der Waals surface area contributed by atoms with E-state index in [0.717, 1.165) is 5.69 Å². The summed E-state index contributed by atoms with van der Waals surface area (Å²) in [5, 5.41) is 2.44. The number of aryl methyl sites for hydroxylation is 1. The van der Waals surface area contributed by atoms with Crippen molar-refractivity contribution in [3.63, 3.8) is 0 Å². The summed E-state index contributed by atoms with van der Waals surface area (Å²) in [7, 11) is 2.01. The topological polar surface area (TPSA) is 30.9 Å². The first-order chi connectivity index (χ1) is 5.25. The van der Waals surface area contributed by atoms with Gasteiger partial charge >= 0.3 is 0 Å². The summed E-state index contributed by atoms with van der Waals surface area (Å²) in [6.45, 7) is 0. The first-order valence-electron chi connectivity index (χ1n) is 3.57. The normalized spacial score (nSPS) is 10.6. The summed E-state index contributed by atoms with van der Waals surface area (Å²) < 4.78 is 2.03. The van der Waals surface area contributed by atoms with Crippen molar-refractivity contribution in [2.75, 3.05) is 5.73 Å². The third-order valence-corrected chi connectivity index (χ3v) is 1.80. The van der Waals surface area contributed by atoms with Crippen molar-refractivity contribution in [2.45, 2.75) is 0 Å². The number of rotatable bonds is 0. The molecule has 0 saturated heterocycles. The van der Waals surface area contributed by atoms with Crippen LogP contribution in [-0.4, -0.2) is 4.57 Å². The fourth-order valence-electron chi connectivity index (χ4n) is 1.30. The molecule has 56 valence electrons. The molecule has 2 heteroatoms. The van der Waals surface area contributed by atoms with Gasteiger partial charge in [-0.15, -0.1) is 0 Å². The van der Waals surface area contributed by atoms with E-state index in [0.29, 0.717) is 0 Å². The lowest BCUT2D eigenvalue weighted by Crippen LogP contribution is -1.81. The van der Waals surface area contributed by atoms with Crippen LogP contribution in [-0.2, 0) is 7.05 Å². The molecule has 0 saturated carbocycles. The van der Waals surface area contributed by atoms with Crippen LogP contribution in [0.3, 0.4) is 0 Å². The lowest BCUT2D eigenvalue weighted by atomic mass is 10.2. The molecule has 0 amide bonds. The fourth-order valence-corrected chi connectivity index (χ4v) is 1.30. The summed E-state index contributed by atoms with van der Waals surface area (Å²) >= 11 is 0. The van der Waals surface area contributed by atoms with E-state index in [1.54, 1.807) is 0 Å². The summed E-state index contributed by atoms with van der Waals surface area (Å²) in [5.74, 6) is 0. The third kappa shape index (κ3) is 0.963. The third-order valence-electron chi connectivity index (χ3n) is 1.80. The number of nitrogens with zero attached hydrogens (tertiary/aromatic N) is 1. The van der Waals surface area contributed by atoms with E-state index in [9.17, 15) is 0 Å². The second-order valence-electron chi connectivity index (χ2n) is 2.81. The number of fused-ring (bicyclic) bond motifs is 1. The lowest BCUT2D eigenvalue weighted by molar-refractivity contribution is 0.933. The van der Waals surface area contributed by atoms with Gasteiger partial charge in [-0.25, -0.2) is 0 Å². The maximum Gasteiger partial charge on any atom is 0.0320 e. The van der Waals surface area contributed by atoms with Crippen LogP contribution in [0.25, 0.3) is 10.8 Å². The number of hydrogen-bond donors (Lipinski definition) is 1. The van der Waals surface area contributed by atoms with Crippen molar-refractivity contribution >= 4 is 16.5 Å². The molecule has 1 aromatic carbocycles. The van der Waals surface area contributed by atoms with Crippen LogP contribution in [0, 0.1) is 0 Å². The minimum absolute atomic E-state index is 0.823. The zero-order valence-electron chi connectivity index (χ0n) is 6.41. The molecule has 2 nitrogen and oxygen atoms in total. The van der Waals surface area contributed by atoms with Gasteiger partial charge in [0.2, 0.25) is 0 Å². The second kappa shape index (κ2) is 2.02. The van der Waals surface area contributed by atoms with Crippen molar-refractivity contribution in [2.24, 2.45) is 7.05 Å². The van der Waals surface area contributed by atoms with Crippen LogP contribution >= 0.6 is 0 Å². The van der Waals surface area contributed by atoms with Gasteiger partial charge < -0.3 is 10.3 Å². The predicted molar refractivity (Wildman–Crippen MR) is 47.3 cm³/mol. The van der Waals surface area contributed by atoms with Crippen molar-refractivity contribution < 1.29 is 0 Å². The van der Waals surface area contributed by atoms with Gasteiger partial charge in [-0.3, -0.25) is 0 Å². The van der Waals surface area contributed by atoms with Crippen LogP contribution < -0.4 is 5.73 Å². The molecule has 2 N–H and O–H groups in total. The monoisotopic (exact) mass is 146 g/mol. The Morgan fingerprint density at radius 2 is 1.91 bits per heavy atom. The van der Waals surface area contributed by atoms with Gasteiger partial charge in [-0.05, 0) is 17.5 Å². The highest BCUT2D eigenvalue weighted by Gasteiger charge is 1.94. The molecule has 0 bridgehead atoms. The van der Waals surface area contributed by atoms with Gasteiger partial charge in [0.15, 0.2) is 0 Å². The number of benzene rings is 1. The van der Waals surface area contributed by atoms with Gasteiger partial charge in [0.05, 0.1) is 0 Å². The number of aromatic nitrogens is 1. The van der Waals surface area contributed by atoms with E-state index in [1.165, 1.54) is 10.8 Å². The van der Waals surface area contributed by atoms with Gasteiger partial charge in [0.25, 0.3) is 0 Å². The van der Waals surface area contributed by atoms with Crippen molar-refractivity contribution in [3.8, 4) is 0 Å². The number of nitrogens with two attached hydrogens (primary N) is 1. The van der Waals surface area contributed by atoms with Gasteiger partial charge in [-0.1, -0.05) is 6.07 Å². The Balaban J connectivity index is 2.82. The minimum atomic E-state index is 0.823. The highest BCUT2D eigenvalue weighted by molar-refractivity contribution is 5.85. The predicted octanol–water partition coefficient (Wildman–Crippen LogP) is 1.76. The van der Waals surface area contributed by atoms with Crippen LogP contribution in [0.1, 0.15) is 0 Å². The zero-order valence-corrected chi connectivity index (χ0v) is 6.41. The van der Waals surface area contributed by atoms with Crippen molar-refractivity contribution in [1.29, 1.82) is 0 Å². The van der Waals surface area contributed by atoms with Crippen molar-refractivity contribution in [3.05, 3.63) is 30.6 Å². The average Bonchev–Trinajstić information content (AvgIpc) is 2.27. The molecule has 0 aliphatic heterocycles. The molecule has 0 radical (unpaired) electrons. The van der Waals surface area contributed by atoms with E-state index < -0.39 is 0 Å². The zero-order chi connectivity index (χ0) is 7.84. The highest BCUT2D eigenvalue weighted by atomic mass is 14.9. The molecular formula is C9H10N2. The van der Waals surface area contributed by atoms with E-state index in [4.69, 9.17) is 5.73 Å². The molecule has 0 spiro atoms. The summed E-state index contributed by atoms with van der Waals surface area (Å²) in [6.07, 6.45) is 4.14. The number of nitrogen functional groups attached to an aromatic ring is 1. The molecule has 0 atom stereocenters. The molecule has 0 aliphatic rings. The molecule has 0 aliphatic carbocycles. The van der Waals surface area contributed by atoms with Gasteiger partial charge in [0, 0.05) is 30.5 Å². The lowest BCUT2D eigenvalue weighted by Gasteiger charge is -1.90. The fraction of sp³-hybridized carbons (Fsp3) is 0.111. The quantitative estimate of drug-likeness (QED) is 0.564. The minimum Gasteiger partial charge on any atom is -0.399 e. The Morgan fingerprint density at radius 3 is 2.73 bits per heavy atom. The first kappa shape index (κ1) is 6.28. The maximum absolute atomic E-state index is 5.62. The molecule has 2 rings (SSSR count). The average molecular weight is 146 g/mol. The van der Waals surface area contributed by atoms with E-state index >= 15 is 0 Å². The van der Waals surface area contributed by atoms with Crippen LogP contribution in [0.5, 0.6) is 0 Å². The Hall–Kier alpha value is -1.44. The van der Waals surface area contributed by atoms with E-state index in [1.807, 2.05) is 29.8 Å². The Labute approximate surface area is 65.2 Å². The highest BCUT2D eigenvalue weighted by Crippen LogP contribution is 2.17. The number of hydrogen-bond acceptors (Lipinski definition) is 1. The van der Waals surface area contributed by atoms with Crippen molar-refractivity contribution in [1.82, 2.24) is 4.57 Å². The maximum atomic E-state index is 5.62. The van der Waals surface area contributed by atoms with E-state index in [2.05, 4.69) is 12.4 Å². The smallest absolute Gasteiger partial charge is 0.0320 e. The van der Waals surface area contributed by atoms with Gasteiger partial charge in [-0.2, -0.15) is 0 Å². The number of anilines is 1. The first-order valence-corrected chi connectivity index (χ1v) is 3.57. The van der Waals surface area contributed by atoms with E-state index in [-0.39, 0.29) is 0 Å². The molecule has 0 fully saturated rings. The molecule has 11 heavy (non-hydrogen) atoms. The molecule has 1 heterocycles. The van der Waals surface area contributed by atoms with Crippen LogP contribution in [0.4, 0.5) is 5.69 Å². The molecule has 0 unspecified atom stereocenters. The van der Waals surface area contributed by atoms with Crippen LogP contribution in [0.2, 0.25) is 0 Å². The van der Waals surface area contributed by atoms with Gasteiger partial charge in [0.1, 0.15) is 0 Å². The molecule has 2 aromatic rings. The Bertz CT molecular complexity index is 387. The molecule has 1 aromatic heterocycles. The summed E-state index contributed by atoms with van der Waals surface area (Å²) in [5.41, 5.74) is 6.45. The SMILES string of the molecule is Cn1cc2ccc(N)cc2c1. The Morgan fingerprint density at radius 1 is 1.18 bits per heavy atom. The standard InChI is InChI=1S/C9H10N2/c1-11-5-7-2-3-9(10)4-8(7)6-11/h2-6H,10H2,1H3. The summed E-state index contributed by atoms with van der Waals surface area (Å²) in [4.78, 5) is 0. The summed E-state index contributed by atoms with van der Waals surface area (Å²) in [6, 6.07) is 5.93. The second-order valence-corrected chi connectivity index (χ2v) is 2.81. The largest absolute Gasteiger partial charge is 0.399 e. The Kier molecular flexibility index (Phi) is 1.15.